The minimum absolute atomic E-state index is 0.0660. The third-order valence-electron chi connectivity index (χ3n) is 6.59. The normalized spacial score (nSPS) is 17.0. The molecule has 0 bridgehead atoms. The minimum Gasteiger partial charge on any atom is -0.872 e. The van der Waals surface area contributed by atoms with Crippen LogP contribution >= 0.6 is 0 Å². The Morgan fingerprint density at radius 3 is 2.32 bits per heavy atom. The Hall–Kier alpha value is -4.10. The van der Waals surface area contributed by atoms with Gasteiger partial charge < -0.3 is 24.7 Å². The van der Waals surface area contributed by atoms with Gasteiger partial charge in [-0.05, 0) is 53.4 Å². The quantitative estimate of drug-likeness (QED) is 0.266. The number of hydrogen-bond acceptors (Lipinski definition) is 5. The van der Waals surface area contributed by atoms with E-state index >= 15 is 0 Å². The molecule has 0 saturated carbocycles. The van der Waals surface area contributed by atoms with Crippen LogP contribution in [0.3, 0.4) is 0 Å². The van der Waals surface area contributed by atoms with Gasteiger partial charge in [-0.1, -0.05) is 54.3 Å². The number of aryl methyl sites for hydroxylation is 1. The zero-order chi connectivity index (χ0) is 26.5. The van der Waals surface area contributed by atoms with Crippen molar-refractivity contribution >= 4 is 17.4 Å². The predicted octanol–water partition coefficient (Wildman–Crippen LogP) is 2.04. The van der Waals surface area contributed by atoms with Crippen LogP contribution in [0.25, 0.3) is 5.76 Å². The van der Waals surface area contributed by atoms with Crippen LogP contribution in [0.1, 0.15) is 34.7 Å². The Morgan fingerprint density at radius 1 is 1.00 bits per heavy atom. The molecule has 4 rings (SSSR count). The number of carbonyl (C=O) groups excluding carboxylic acids is 2. The Kier molecular flexibility index (Phi) is 7.94. The highest BCUT2D eigenvalue weighted by Gasteiger charge is 2.43. The van der Waals surface area contributed by atoms with E-state index in [4.69, 9.17) is 4.74 Å². The van der Waals surface area contributed by atoms with Gasteiger partial charge in [0.15, 0.2) is 0 Å². The molecule has 1 saturated heterocycles. The van der Waals surface area contributed by atoms with Gasteiger partial charge in [0, 0.05) is 18.5 Å². The molecule has 0 radical (unpaired) electrons. The van der Waals surface area contributed by atoms with Crippen molar-refractivity contribution in [1.82, 2.24) is 4.90 Å². The van der Waals surface area contributed by atoms with E-state index in [1.807, 2.05) is 45.3 Å². The van der Waals surface area contributed by atoms with Gasteiger partial charge in [0.1, 0.15) is 18.1 Å². The van der Waals surface area contributed by atoms with Crippen LogP contribution < -0.4 is 14.7 Å². The molecule has 7 heteroatoms. The lowest BCUT2D eigenvalue weighted by molar-refractivity contribution is -0.858. The fourth-order valence-electron chi connectivity index (χ4n) is 4.50. The van der Waals surface area contributed by atoms with Gasteiger partial charge in [0.2, 0.25) is 5.78 Å². The topological polar surface area (TPSA) is 94.3 Å². The van der Waals surface area contributed by atoms with Crippen molar-refractivity contribution in [3.05, 3.63) is 101 Å². The number of nitrogens with one attached hydrogen (secondary N) is 1. The fourth-order valence-corrected chi connectivity index (χ4v) is 4.50. The summed E-state index contributed by atoms with van der Waals surface area (Å²) >= 11 is 0. The van der Waals surface area contributed by atoms with E-state index < -0.39 is 23.5 Å². The van der Waals surface area contributed by atoms with Gasteiger partial charge in [-0.3, -0.25) is 9.59 Å². The van der Waals surface area contributed by atoms with Crippen molar-refractivity contribution in [2.45, 2.75) is 26.0 Å². The zero-order valence-corrected chi connectivity index (χ0v) is 21.4. The summed E-state index contributed by atoms with van der Waals surface area (Å²) in [5.41, 5.74) is 3.05. The average molecular weight is 501 g/mol. The van der Waals surface area contributed by atoms with Crippen molar-refractivity contribution in [3.63, 3.8) is 0 Å². The fraction of sp³-hybridized carbons (Fsp3) is 0.267. The third-order valence-corrected chi connectivity index (χ3v) is 6.59. The molecule has 1 atom stereocenters. The van der Waals surface area contributed by atoms with Gasteiger partial charge >= 0.3 is 0 Å². The average Bonchev–Trinajstić information content (AvgIpc) is 3.13. The summed E-state index contributed by atoms with van der Waals surface area (Å²) in [6, 6.07) is 20.1. The van der Waals surface area contributed by atoms with Crippen LogP contribution in [0, 0.1) is 6.92 Å². The minimum atomic E-state index is -0.803. The summed E-state index contributed by atoms with van der Waals surface area (Å²) in [6.07, 6.45) is 0.685. The number of phenolic OH excluding ortho intramolecular Hbond substituents is 1. The maximum Gasteiger partial charge on any atom is 0.295 e. The first-order chi connectivity index (χ1) is 17.8. The molecule has 3 aromatic carbocycles. The van der Waals surface area contributed by atoms with Gasteiger partial charge in [-0.2, -0.15) is 0 Å². The first-order valence-electron chi connectivity index (χ1n) is 12.4. The van der Waals surface area contributed by atoms with E-state index in [0.717, 1.165) is 17.7 Å². The van der Waals surface area contributed by atoms with Crippen molar-refractivity contribution in [2.24, 2.45) is 0 Å². The molecule has 1 heterocycles. The molecular formula is C30H32N2O5. The second-order valence-corrected chi connectivity index (χ2v) is 9.61. The number of carbonyl (C=O) groups is 2. The van der Waals surface area contributed by atoms with E-state index in [2.05, 4.69) is 0 Å². The molecule has 2 N–H and O–H groups in total. The number of amides is 1. The molecule has 0 spiro atoms. The SMILES string of the molecule is Cc1ccccc1COc1ccc(C([O-])=C2C(=O)C(=O)N(CCC[NH+](C)C)C2c2ccc(O)cc2)cc1. The largest absolute Gasteiger partial charge is 0.872 e. The number of ketones is 1. The molecular weight excluding hydrogens is 468 g/mol. The monoisotopic (exact) mass is 500 g/mol. The van der Waals surface area contributed by atoms with Crippen LogP contribution in [-0.2, 0) is 16.2 Å². The summed E-state index contributed by atoms with van der Waals surface area (Å²) in [5, 5.41) is 23.3. The molecule has 37 heavy (non-hydrogen) atoms. The van der Waals surface area contributed by atoms with Gasteiger partial charge in [-0.15, -0.1) is 0 Å². The van der Waals surface area contributed by atoms with Crippen molar-refractivity contribution in [2.75, 3.05) is 27.2 Å². The first-order valence-corrected chi connectivity index (χ1v) is 12.4. The number of quaternary nitrogens is 1. The number of aromatic hydroxyl groups is 1. The third kappa shape index (κ3) is 5.84. The summed E-state index contributed by atoms with van der Waals surface area (Å²) in [4.78, 5) is 28.8. The van der Waals surface area contributed by atoms with Gasteiger partial charge in [-0.25, -0.2) is 0 Å². The van der Waals surface area contributed by atoms with Crippen LogP contribution in [0.4, 0.5) is 0 Å². The molecule has 1 fully saturated rings. The molecule has 1 amide bonds. The summed E-state index contributed by atoms with van der Waals surface area (Å²) in [5.74, 6) is -1.27. The Morgan fingerprint density at radius 2 is 1.68 bits per heavy atom. The number of likely N-dealkylation sites (tertiary alicyclic amines) is 1. The molecule has 1 unspecified atom stereocenters. The van der Waals surface area contributed by atoms with Crippen molar-refractivity contribution < 1.29 is 29.4 Å². The smallest absolute Gasteiger partial charge is 0.295 e. The molecule has 192 valence electrons. The van der Waals surface area contributed by atoms with Gasteiger partial charge in [0.25, 0.3) is 5.91 Å². The summed E-state index contributed by atoms with van der Waals surface area (Å²) in [6.45, 7) is 3.58. The van der Waals surface area contributed by atoms with E-state index in [-0.39, 0.29) is 11.3 Å². The molecule has 1 aliphatic heterocycles. The number of hydrogen-bond donors (Lipinski definition) is 2. The van der Waals surface area contributed by atoms with Crippen molar-refractivity contribution in [1.29, 1.82) is 0 Å². The van der Waals surface area contributed by atoms with Crippen LogP contribution in [-0.4, -0.2) is 48.9 Å². The van der Waals surface area contributed by atoms with Crippen LogP contribution in [0.2, 0.25) is 0 Å². The maximum absolute atomic E-state index is 13.6. The first kappa shape index (κ1) is 26.0. The second-order valence-electron chi connectivity index (χ2n) is 9.61. The Balaban J connectivity index is 1.63. The lowest BCUT2D eigenvalue weighted by Gasteiger charge is -2.27. The molecule has 1 aliphatic rings. The Labute approximate surface area is 217 Å². The summed E-state index contributed by atoms with van der Waals surface area (Å²) in [7, 11) is 4.04. The number of ether oxygens (including phenoxy) is 1. The van der Waals surface area contributed by atoms with Crippen LogP contribution in [0.5, 0.6) is 11.5 Å². The number of phenols is 1. The highest BCUT2D eigenvalue weighted by molar-refractivity contribution is 6.46. The summed E-state index contributed by atoms with van der Waals surface area (Å²) < 4.78 is 5.88. The standard InChI is InChI=1S/C30H32N2O5/c1-20-7-4-5-8-23(20)19-37-25-15-11-22(12-16-25)28(34)26-27(21-9-13-24(33)14-10-21)32(30(36)29(26)35)18-6-17-31(2)3/h4-5,7-16,27,33-34H,6,17-19H2,1-3H3. The van der Waals surface area contributed by atoms with E-state index in [0.29, 0.717) is 36.4 Å². The maximum atomic E-state index is 13.6. The lowest BCUT2D eigenvalue weighted by Crippen LogP contribution is -3.05. The van der Waals surface area contributed by atoms with Crippen molar-refractivity contribution in [3.8, 4) is 11.5 Å². The predicted molar refractivity (Wildman–Crippen MR) is 139 cm³/mol. The molecule has 7 nitrogen and oxygen atoms in total. The number of rotatable bonds is 9. The second kappa shape index (κ2) is 11.3. The zero-order valence-electron chi connectivity index (χ0n) is 21.4. The van der Waals surface area contributed by atoms with E-state index in [1.165, 1.54) is 21.9 Å². The van der Waals surface area contributed by atoms with E-state index in [1.54, 1.807) is 36.4 Å². The Bertz CT molecular complexity index is 1300. The lowest BCUT2D eigenvalue weighted by atomic mass is 9.95. The number of Topliss-reactive ketones (excluding diaryl/α,β-unsaturated/α-hetero) is 1. The van der Waals surface area contributed by atoms with Crippen LogP contribution in [0.15, 0.2) is 78.4 Å². The highest BCUT2D eigenvalue weighted by Crippen LogP contribution is 2.39. The van der Waals surface area contributed by atoms with Gasteiger partial charge in [0.05, 0.1) is 26.7 Å². The molecule has 0 aliphatic carbocycles. The number of benzene rings is 3. The molecule has 3 aromatic rings. The van der Waals surface area contributed by atoms with E-state index in [9.17, 15) is 19.8 Å². The highest BCUT2D eigenvalue weighted by atomic mass is 16.5. The molecule has 0 aromatic heterocycles. The number of nitrogens with zero attached hydrogens (tertiary/aromatic N) is 1.